The molecule has 0 fully saturated rings. The number of nitrogens with zero attached hydrogens (tertiary/aromatic N) is 3. The van der Waals surface area contributed by atoms with Gasteiger partial charge in [0.15, 0.2) is 5.69 Å². The molecule has 0 unspecified atom stereocenters. The van der Waals surface area contributed by atoms with Crippen molar-refractivity contribution in [1.29, 1.82) is 0 Å². The predicted molar refractivity (Wildman–Crippen MR) is 130 cm³/mol. The van der Waals surface area contributed by atoms with Gasteiger partial charge in [0.2, 0.25) is 0 Å². The van der Waals surface area contributed by atoms with Gasteiger partial charge in [0.05, 0.1) is 36.9 Å². The molecule has 1 aliphatic heterocycles. The SMILES string of the molecule is COC(=O)c1ccc([C@H](C)NC(=O)c2c(C(F)(F)F)nn3c2N(Cc2cccc(C(F)(F)F)c2)C[C@H]3CO)cc1. The van der Waals surface area contributed by atoms with Crippen LogP contribution in [0.4, 0.5) is 32.2 Å². The molecule has 2 aromatic carbocycles. The molecule has 1 aromatic heterocycles. The molecule has 0 aliphatic carbocycles. The summed E-state index contributed by atoms with van der Waals surface area (Å²) in [6, 6.07) is 8.42. The number of hydrogen-bond acceptors (Lipinski definition) is 6. The Kier molecular flexibility index (Phi) is 7.83. The van der Waals surface area contributed by atoms with Crippen molar-refractivity contribution in [3.8, 4) is 0 Å². The molecule has 0 spiro atoms. The van der Waals surface area contributed by atoms with Gasteiger partial charge < -0.3 is 20.1 Å². The van der Waals surface area contributed by atoms with E-state index in [0.29, 0.717) is 5.56 Å². The van der Waals surface area contributed by atoms with Gasteiger partial charge in [-0.3, -0.25) is 4.79 Å². The number of amides is 1. The maximum Gasteiger partial charge on any atom is 0.436 e. The van der Waals surface area contributed by atoms with Crippen molar-refractivity contribution >= 4 is 17.7 Å². The Balaban J connectivity index is 1.69. The molecule has 3 aromatic rings. The maximum atomic E-state index is 14.0. The molecule has 0 saturated carbocycles. The standard InChI is InChI=1S/C26H24F6N4O4/c1-14(16-6-8-17(9-7-16)24(39)40-2)33-22(38)20-21(26(30,31)32)34-36-19(13-37)12-35(23(20)36)11-15-4-3-5-18(10-15)25(27,28)29/h3-10,14,19,37H,11-13H2,1-2H3,(H,33,38)/t14-,19-/m0/s1. The first-order chi connectivity index (χ1) is 18.7. The molecule has 1 amide bonds. The molecule has 0 bridgehead atoms. The lowest BCUT2D eigenvalue weighted by atomic mass is 10.1. The fourth-order valence-corrected chi connectivity index (χ4v) is 4.53. The van der Waals surface area contributed by atoms with Gasteiger partial charge in [-0.05, 0) is 42.3 Å². The van der Waals surface area contributed by atoms with Crippen LogP contribution in [0.15, 0.2) is 48.5 Å². The summed E-state index contributed by atoms with van der Waals surface area (Å²) in [6.07, 6.45) is -9.67. The number of alkyl halides is 6. The number of hydrogen-bond donors (Lipinski definition) is 2. The summed E-state index contributed by atoms with van der Waals surface area (Å²) in [6.45, 7) is 0.556. The van der Waals surface area contributed by atoms with Crippen molar-refractivity contribution in [2.75, 3.05) is 25.2 Å². The normalized spacial score (nSPS) is 16.0. The Morgan fingerprint density at radius 1 is 1.10 bits per heavy atom. The highest BCUT2D eigenvalue weighted by molar-refractivity contribution is 6.01. The quantitative estimate of drug-likeness (QED) is 0.315. The molecule has 0 saturated heterocycles. The van der Waals surface area contributed by atoms with E-state index in [1.807, 2.05) is 0 Å². The van der Waals surface area contributed by atoms with Crippen molar-refractivity contribution < 1.29 is 45.8 Å². The summed E-state index contributed by atoms with van der Waals surface area (Å²) < 4.78 is 87.3. The molecule has 14 heteroatoms. The van der Waals surface area contributed by atoms with Gasteiger partial charge in [0.25, 0.3) is 5.91 Å². The van der Waals surface area contributed by atoms with E-state index in [1.165, 1.54) is 55.3 Å². The Labute approximate surface area is 224 Å². The minimum atomic E-state index is -5.04. The topological polar surface area (TPSA) is 96.7 Å². The van der Waals surface area contributed by atoms with Crippen LogP contribution in [0.5, 0.6) is 0 Å². The lowest BCUT2D eigenvalue weighted by Crippen LogP contribution is -2.31. The average Bonchev–Trinajstić information content (AvgIpc) is 3.46. The molecule has 2 atom stereocenters. The minimum Gasteiger partial charge on any atom is -0.465 e. The Morgan fingerprint density at radius 3 is 2.35 bits per heavy atom. The molecule has 2 heterocycles. The molecule has 4 rings (SSSR count). The zero-order chi connectivity index (χ0) is 29.4. The Morgan fingerprint density at radius 2 is 1.77 bits per heavy atom. The zero-order valence-electron chi connectivity index (χ0n) is 21.2. The fourth-order valence-electron chi connectivity index (χ4n) is 4.53. The highest BCUT2D eigenvalue weighted by atomic mass is 19.4. The number of anilines is 1. The summed E-state index contributed by atoms with van der Waals surface area (Å²) in [5, 5.41) is 15.9. The smallest absolute Gasteiger partial charge is 0.436 e. The first kappa shape index (κ1) is 28.9. The van der Waals surface area contributed by atoms with Crippen LogP contribution in [0, 0.1) is 0 Å². The lowest BCUT2D eigenvalue weighted by molar-refractivity contribution is -0.142. The van der Waals surface area contributed by atoms with E-state index in [1.54, 1.807) is 0 Å². The number of carbonyl (C=O) groups is 2. The summed E-state index contributed by atoms with van der Waals surface area (Å²) in [4.78, 5) is 26.3. The lowest BCUT2D eigenvalue weighted by Gasteiger charge is -2.22. The van der Waals surface area contributed by atoms with E-state index in [0.717, 1.165) is 16.8 Å². The monoisotopic (exact) mass is 570 g/mol. The van der Waals surface area contributed by atoms with Crippen LogP contribution >= 0.6 is 0 Å². The Hall–Kier alpha value is -4.07. The molecule has 2 N–H and O–H groups in total. The molecule has 0 radical (unpaired) electrons. The van der Waals surface area contributed by atoms with Gasteiger partial charge in [0, 0.05) is 13.1 Å². The number of fused-ring (bicyclic) bond motifs is 1. The Bertz CT molecular complexity index is 1400. The van der Waals surface area contributed by atoms with Gasteiger partial charge in [-0.1, -0.05) is 24.3 Å². The zero-order valence-corrected chi connectivity index (χ0v) is 21.2. The van der Waals surface area contributed by atoms with Crippen molar-refractivity contribution in [2.45, 2.75) is 37.9 Å². The van der Waals surface area contributed by atoms with Crippen LogP contribution in [0.2, 0.25) is 0 Å². The number of methoxy groups -OCH3 is 1. The van der Waals surface area contributed by atoms with Crippen LogP contribution in [0.3, 0.4) is 0 Å². The van der Waals surface area contributed by atoms with Crippen molar-refractivity contribution in [3.63, 3.8) is 0 Å². The first-order valence-corrected chi connectivity index (χ1v) is 11.9. The van der Waals surface area contributed by atoms with E-state index < -0.39 is 59.7 Å². The minimum absolute atomic E-state index is 0.0853. The number of aromatic nitrogens is 2. The summed E-state index contributed by atoms with van der Waals surface area (Å²) in [5.74, 6) is -1.98. The van der Waals surface area contributed by atoms with E-state index >= 15 is 0 Å². The third-order valence-electron chi connectivity index (χ3n) is 6.48. The van der Waals surface area contributed by atoms with Crippen LogP contribution in [0.25, 0.3) is 0 Å². The number of benzene rings is 2. The molecular weight excluding hydrogens is 546 g/mol. The van der Waals surface area contributed by atoms with Gasteiger partial charge in [-0.25, -0.2) is 9.48 Å². The maximum absolute atomic E-state index is 14.0. The second kappa shape index (κ2) is 10.8. The number of ether oxygens (including phenoxy) is 1. The summed E-state index contributed by atoms with van der Waals surface area (Å²) in [7, 11) is 1.21. The summed E-state index contributed by atoms with van der Waals surface area (Å²) >= 11 is 0. The average molecular weight is 570 g/mol. The predicted octanol–water partition coefficient (Wildman–Crippen LogP) is 4.75. The van der Waals surface area contributed by atoms with Crippen molar-refractivity contribution in [3.05, 3.63) is 82.0 Å². The number of halogens is 6. The molecule has 214 valence electrons. The third kappa shape index (κ3) is 5.76. The van der Waals surface area contributed by atoms with Crippen LogP contribution in [-0.2, 0) is 23.6 Å². The molecule has 8 nitrogen and oxygen atoms in total. The number of nitrogens with one attached hydrogen (secondary N) is 1. The molecular formula is C26H24F6N4O4. The van der Waals surface area contributed by atoms with Crippen LogP contribution < -0.4 is 10.2 Å². The van der Waals surface area contributed by atoms with Gasteiger partial charge in [-0.2, -0.15) is 31.4 Å². The number of rotatable bonds is 7. The van der Waals surface area contributed by atoms with Gasteiger partial charge >= 0.3 is 18.3 Å². The van der Waals surface area contributed by atoms with Crippen molar-refractivity contribution in [1.82, 2.24) is 15.1 Å². The van der Waals surface area contributed by atoms with Gasteiger partial charge in [-0.15, -0.1) is 0 Å². The molecule has 40 heavy (non-hydrogen) atoms. The third-order valence-corrected chi connectivity index (χ3v) is 6.48. The van der Waals surface area contributed by atoms with Crippen LogP contribution in [0.1, 0.15) is 62.1 Å². The highest BCUT2D eigenvalue weighted by Crippen LogP contribution is 2.41. The number of aliphatic hydroxyl groups excluding tert-OH is 1. The van der Waals surface area contributed by atoms with E-state index in [9.17, 15) is 41.0 Å². The van der Waals surface area contributed by atoms with E-state index in [-0.39, 0.29) is 30.0 Å². The number of esters is 1. The summed E-state index contributed by atoms with van der Waals surface area (Å²) in [5.41, 5.74) is -2.38. The number of carbonyl (C=O) groups excluding carboxylic acids is 2. The second-order valence-corrected chi connectivity index (χ2v) is 9.21. The van der Waals surface area contributed by atoms with Crippen molar-refractivity contribution in [2.24, 2.45) is 0 Å². The fraction of sp³-hybridized carbons (Fsp3) is 0.346. The number of aliphatic hydroxyl groups is 1. The van der Waals surface area contributed by atoms with Gasteiger partial charge in [0.1, 0.15) is 11.4 Å². The van der Waals surface area contributed by atoms with E-state index in [4.69, 9.17) is 0 Å². The van der Waals surface area contributed by atoms with Crippen LogP contribution in [-0.4, -0.2) is 47.0 Å². The first-order valence-electron chi connectivity index (χ1n) is 11.9. The molecule has 1 aliphatic rings. The second-order valence-electron chi connectivity index (χ2n) is 9.21. The highest BCUT2D eigenvalue weighted by Gasteiger charge is 2.46. The largest absolute Gasteiger partial charge is 0.465 e. The van der Waals surface area contributed by atoms with E-state index in [2.05, 4.69) is 15.2 Å².